The van der Waals surface area contributed by atoms with Crippen LogP contribution >= 0.6 is 0 Å². The Kier molecular flexibility index (Phi) is 6.76. The molecule has 2 aliphatic rings. The predicted molar refractivity (Wildman–Crippen MR) is 139 cm³/mol. The van der Waals surface area contributed by atoms with Gasteiger partial charge in [-0.25, -0.2) is 0 Å². The number of ether oxygens (including phenoxy) is 1. The van der Waals surface area contributed by atoms with Crippen molar-refractivity contribution in [3.63, 3.8) is 0 Å². The lowest BCUT2D eigenvalue weighted by Gasteiger charge is -2.35. The first-order chi connectivity index (χ1) is 17.1. The van der Waals surface area contributed by atoms with E-state index in [2.05, 4.69) is 47.8 Å². The Morgan fingerprint density at radius 3 is 2.57 bits per heavy atom. The van der Waals surface area contributed by atoms with E-state index in [1.54, 1.807) is 7.11 Å². The summed E-state index contributed by atoms with van der Waals surface area (Å²) in [6.45, 7) is 1.61. The highest BCUT2D eigenvalue weighted by molar-refractivity contribution is 5.91. The van der Waals surface area contributed by atoms with E-state index in [1.165, 1.54) is 11.1 Å². The summed E-state index contributed by atoms with van der Waals surface area (Å²) in [5, 5.41) is 5.47. The number of carbonyl (C=O) groups excluding carboxylic acids is 2. The second kappa shape index (κ2) is 10.1. The molecule has 0 unspecified atom stereocenters. The molecule has 2 aliphatic heterocycles. The van der Waals surface area contributed by atoms with Crippen molar-refractivity contribution in [2.24, 2.45) is 0 Å². The molecule has 3 aromatic rings. The van der Waals surface area contributed by atoms with Gasteiger partial charge in [0.1, 0.15) is 5.75 Å². The minimum absolute atomic E-state index is 0.0809. The topological polar surface area (TPSA) is 58.6 Å². The molecular weight excluding hydrogens is 436 g/mol. The summed E-state index contributed by atoms with van der Waals surface area (Å²) in [6.07, 6.45) is 5.25. The molecule has 2 atom stereocenters. The third kappa shape index (κ3) is 5.04. The van der Waals surface area contributed by atoms with Gasteiger partial charge in [-0.15, -0.1) is 0 Å². The van der Waals surface area contributed by atoms with Gasteiger partial charge in [0.2, 0.25) is 11.8 Å². The average Bonchev–Trinajstić information content (AvgIpc) is 3.28. The third-order valence-electron chi connectivity index (χ3n) is 7.82. The zero-order valence-corrected chi connectivity index (χ0v) is 20.5. The highest BCUT2D eigenvalue weighted by Gasteiger charge is 2.39. The molecule has 2 saturated heterocycles. The molecule has 0 bridgehead atoms. The molecule has 5 rings (SSSR count). The number of fused-ring (bicyclic) bond motifs is 1. The van der Waals surface area contributed by atoms with Crippen molar-refractivity contribution in [2.45, 2.75) is 56.4 Å². The van der Waals surface area contributed by atoms with Crippen LogP contribution in [-0.4, -0.2) is 42.5 Å². The number of likely N-dealkylation sites (tertiary alicyclic amines) is 1. The molecule has 3 aromatic carbocycles. The van der Waals surface area contributed by atoms with Gasteiger partial charge >= 0.3 is 0 Å². The van der Waals surface area contributed by atoms with E-state index in [0.717, 1.165) is 48.9 Å². The van der Waals surface area contributed by atoms with Gasteiger partial charge in [-0.1, -0.05) is 60.7 Å². The lowest BCUT2D eigenvalue weighted by Crippen LogP contribution is -2.45. The monoisotopic (exact) mass is 470 g/mol. The summed E-state index contributed by atoms with van der Waals surface area (Å²) in [5.74, 6) is 1.53. The van der Waals surface area contributed by atoms with Gasteiger partial charge < -0.3 is 15.0 Å². The van der Waals surface area contributed by atoms with Gasteiger partial charge in [0.05, 0.1) is 7.11 Å². The second-order valence-corrected chi connectivity index (χ2v) is 10.1. The number of rotatable bonds is 7. The molecule has 182 valence electrons. The molecule has 2 amide bonds. The maximum Gasteiger partial charge on any atom is 0.222 e. The van der Waals surface area contributed by atoms with E-state index in [4.69, 9.17) is 4.74 Å². The largest absolute Gasteiger partial charge is 0.496 e. The Morgan fingerprint density at radius 1 is 1.06 bits per heavy atom. The Labute approximate surface area is 207 Å². The molecule has 2 fully saturated rings. The Bertz CT molecular complexity index is 1210. The highest BCUT2D eigenvalue weighted by Crippen LogP contribution is 2.35. The van der Waals surface area contributed by atoms with Crippen molar-refractivity contribution in [3.8, 4) is 5.75 Å². The van der Waals surface area contributed by atoms with Crippen LogP contribution in [0.4, 0.5) is 0 Å². The van der Waals surface area contributed by atoms with E-state index >= 15 is 0 Å². The first-order valence-corrected chi connectivity index (χ1v) is 12.8. The van der Waals surface area contributed by atoms with E-state index < -0.39 is 5.54 Å². The van der Waals surface area contributed by atoms with Crippen LogP contribution in [0.5, 0.6) is 5.75 Å². The van der Waals surface area contributed by atoms with Crippen LogP contribution in [0.1, 0.15) is 55.6 Å². The predicted octanol–water partition coefficient (Wildman–Crippen LogP) is 5.23. The van der Waals surface area contributed by atoms with Gasteiger partial charge in [-0.05, 0) is 54.7 Å². The minimum Gasteiger partial charge on any atom is -0.496 e. The molecule has 5 nitrogen and oxygen atoms in total. The summed E-state index contributed by atoms with van der Waals surface area (Å²) in [7, 11) is 1.69. The fourth-order valence-corrected chi connectivity index (χ4v) is 5.92. The van der Waals surface area contributed by atoms with Crippen molar-refractivity contribution in [2.75, 3.05) is 20.2 Å². The molecule has 2 heterocycles. The Hall–Kier alpha value is -3.34. The molecular formula is C30H34N2O3. The number of hydrogen-bond acceptors (Lipinski definition) is 3. The van der Waals surface area contributed by atoms with Crippen molar-refractivity contribution in [3.05, 3.63) is 77.9 Å². The van der Waals surface area contributed by atoms with E-state index in [9.17, 15) is 9.59 Å². The van der Waals surface area contributed by atoms with Crippen molar-refractivity contribution in [1.29, 1.82) is 0 Å². The van der Waals surface area contributed by atoms with Crippen molar-refractivity contribution >= 4 is 22.6 Å². The van der Waals surface area contributed by atoms with E-state index in [0.29, 0.717) is 31.6 Å². The van der Waals surface area contributed by atoms with Gasteiger partial charge in [0.15, 0.2) is 0 Å². The van der Waals surface area contributed by atoms with Crippen molar-refractivity contribution in [1.82, 2.24) is 10.2 Å². The SMILES string of the molecule is COc1ccc(C[C@]2(CCC(=O)N3CCC[C@H](c4ccccc4)C3)CCC(=O)N2)c2ccccc12. The van der Waals surface area contributed by atoms with E-state index in [-0.39, 0.29) is 11.8 Å². The van der Waals surface area contributed by atoms with Crippen LogP contribution in [0, 0.1) is 0 Å². The summed E-state index contributed by atoms with van der Waals surface area (Å²) >= 11 is 0. The zero-order valence-electron chi connectivity index (χ0n) is 20.5. The number of amides is 2. The van der Waals surface area contributed by atoms with Crippen LogP contribution in [0.25, 0.3) is 10.8 Å². The molecule has 0 radical (unpaired) electrons. The molecule has 1 N–H and O–H groups in total. The molecule has 35 heavy (non-hydrogen) atoms. The quantitative estimate of drug-likeness (QED) is 0.515. The van der Waals surface area contributed by atoms with Gasteiger partial charge in [0.25, 0.3) is 0 Å². The second-order valence-electron chi connectivity index (χ2n) is 10.1. The third-order valence-corrected chi connectivity index (χ3v) is 7.82. The normalized spacial score (nSPS) is 22.3. The van der Waals surface area contributed by atoms with Gasteiger partial charge in [-0.3, -0.25) is 9.59 Å². The average molecular weight is 471 g/mol. The molecule has 0 spiro atoms. The minimum atomic E-state index is -0.390. The summed E-state index contributed by atoms with van der Waals surface area (Å²) < 4.78 is 5.56. The number of hydrogen-bond donors (Lipinski definition) is 1. The first-order valence-electron chi connectivity index (χ1n) is 12.8. The number of carbonyl (C=O) groups is 2. The van der Waals surface area contributed by atoms with E-state index in [1.807, 2.05) is 29.2 Å². The number of piperidine rings is 1. The lowest BCUT2D eigenvalue weighted by molar-refractivity contribution is -0.133. The summed E-state index contributed by atoms with van der Waals surface area (Å²) in [4.78, 5) is 27.7. The molecule has 0 aromatic heterocycles. The van der Waals surface area contributed by atoms with Crippen LogP contribution in [-0.2, 0) is 16.0 Å². The highest BCUT2D eigenvalue weighted by atomic mass is 16.5. The van der Waals surface area contributed by atoms with Crippen LogP contribution < -0.4 is 10.1 Å². The summed E-state index contributed by atoms with van der Waals surface area (Å²) in [5.41, 5.74) is 2.10. The van der Waals surface area contributed by atoms with Gasteiger partial charge in [0, 0.05) is 42.8 Å². The standard InChI is InChI=1S/C30H34N2O3/c1-35-27-14-13-23(25-11-5-6-12-26(25)27)20-30(17-15-28(33)31-30)18-16-29(34)32-19-7-10-24(21-32)22-8-3-2-4-9-22/h2-6,8-9,11-14,24H,7,10,15-21H2,1H3,(H,31,33)/t24-,30+/m0/s1. The van der Waals surface area contributed by atoms with Crippen LogP contribution in [0.2, 0.25) is 0 Å². The zero-order chi connectivity index (χ0) is 24.3. The Morgan fingerprint density at radius 2 is 1.83 bits per heavy atom. The molecule has 0 aliphatic carbocycles. The number of methoxy groups -OCH3 is 1. The van der Waals surface area contributed by atoms with Crippen LogP contribution in [0.15, 0.2) is 66.7 Å². The number of benzene rings is 3. The molecule has 0 saturated carbocycles. The lowest BCUT2D eigenvalue weighted by atomic mass is 9.83. The maximum absolute atomic E-state index is 13.3. The first kappa shape index (κ1) is 23.4. The van der Waals surface area contributed by atoms with Crippen LogP contribution in [0.3, 0.4) is 0 Å². The van der Waals surface area contributed by atoms with Gasteiger partial charge in [-0.2, -0.15) is 0 Å². The van der Waals surface area contributed by atoms with Crippen molar-refractivity contribution < 1.29 is 14.3 Å². The fourth-order valence-electron chi connectivity index (χ4n) is 5.92. The number of nitrogens with one attached hydrogen (secondary N) is 1. The fraction of sp³-hybridized carbons (Fsp3) is 0.400. The smallest absolute Gasteiger partial charge is 0.222 e. The maximum atomic E-state index is 13.3. The number of nitrogens with zero attached hydrogens (tertiary/aromatic N) is 1. The Balaban J connectivity index is 1.31. The molecule has 5 heteroatoms. The summed E-state index contributed by atoms with van der Waals surface area (Å²) in [6, 6.07) is 22.9.